The molecule has 72 heavy (non-hydrogen) atoms. The van der Waals surface area contributed by atoms with E-state index < -0.39 is 12.1 Å². The topological polar surface area (TPSA) is 95.9 Å². The highest BCUT2D eigenvalue weighted by Gasteiger charge is 2.20. The molecule has 0 saturated carbocycles. The quantitative estimate of drug-likeness (QED) is 0.0320. The Labute approximate surface area is 450 Å². The molecule has 0 fully saturated rings. The average molecular weight is 1020 g/mol. The number of aliphatic hydroxyl groups excluding tert-OH is 2. The number of aliphatic hydroxyl groups is 2. The number of esters is 1. The van der Waals surface area contributed by atoms with Crippen molar-refractivity contribution < 1.29 is 24.5 Å². The second-order valence-electron chi connectivity index (χ2n) is 22.8. The predicted octanol–water partition coefficient (Wildman–Crippen LogP) is 20.8. The zero-order chi connectivity index (χ0) is 52.2. The van der Waals surface area contributed by atoms with Gasteiger partial charge in [0.05, 0.1) is 25.4 Å². The van der Waals surface area contributed by atoms with Crippen molar-refractivity contribution in [3.8, 4) is 0 Å². The Morgan fingerprint density at radius 3 is 0.986 bits per heavy atom. The lowest BCUT2D eigenvalue weighted by Gasteiger charge is -2.22. The van der Waals surface area contributed by atoms with Gasteiger partial charge in [0.1, 0.15) is 0 Å². The van der Waals surface area contributed by atoms with Crippen molar-refractivity contribution in [2.45, 2.75) is 386 Å². The fraction of sp³-hybridized carbons (Fsp3) is 0.939. The molecule has 6 nitrogen and oxygen atoms in total. The lowest BCUT2D eigenvalue weighted by atomic mass is 10.0. The van der Waals surface area contributed by atoms with Crippen molar-refractivity contribution >= 4 is 11.9 Å². The third kappa shape index (κ3) is 57.9. The van der Waals surface area contributed by atoms with Crippen LogP contribution in [0.4, 0.5) is 0 Å². The molecule has 0 rings (SSSR count). The Morgan fingerprint density at radius 1 is 0.375 bits per heavy atom. The predicted molar refractivity (Wildman–Crippen MR) is 315 cm³/mol. The van der Waals surface area contributed by atoms with E-state index in [4.69, 9.17) is 4.74 Å². The van der Waals surface area contributed by atoms with Gasteiger partial charge < -0.3 is 20.3 Å². The normalized spacial score (nSPS) is 12.6. The fourth-order valence-electron chi connectivity index (χ4n) is 10.5. The van der Waals surface area contributed by atoms with E-state index in [9.17, 15) is 19.8 Å². The number of rotatable bonds is 62. The molecule has 0 aliphatic rings. The smallest absolute Gasteiger partial charge is 0.305 e. The third-order valence-electron chi connectivity index (χ3n) is 15.6. The number of nitrogens with one attached hydrogen (secondary N) is 1. The minimum Gasteiger partial charge on any atom is -0.466 e. The molecule has 2 unspecified atom stereocenters. The van der Waals surface area contributed by atoms with Crippen LogP contribution in [-0.2, 0) is 14.3 Å². The van der Waals surface area contributed by atoms with Crippen LogP contribution in [0.25, 0.3) is 0 Å². The van der Waals surface area contributed by atoms with Gasteiger partial charge in [0.25, 0.3) is 0 Å². The standard InChI is InChI=1S/C66H129NO5/c1-3-5-7-9-11-13-15-17-19-21-23-25-26-30-34-38-42-46-50-54-58-64(69)63(62-68)67-65(70)59-55-51-47-43-39-35-31-28-29-33-37-41-45-49-53-57-61-72-66(71)60-56-52-48-44-40-36-32-27-24-22-20-18-16-14-12-10-8-6-4-2/h18,20,63-64,68-69H,3-17,19,21-62H2,1-2H3,(H,67,70)/b20-18-. The van der Waals surface area contributed by atoms with E-state index >= 15 is 0 Å². The van der Waals surface area contributed by atoms with Gasteiger partial charge in [-0.25, -0.2) is 0 Å². The molecular weight excluding hydrogens is 887 g/mol. The summed E-state index contributed by atoms with van der Waals surface area (Å²) in [5.41, 5.74) is 0. The zero-order valence-electron chi connectivity index (χ0n) is 48.9. The number of unbranched alkanes of at least 4 members (excludes halogenated alkanes) is 49. The summed E-state index contributed by atoms with van der Waals surface area (Å²) >= 11 is 0. The van der Waals surface area contributed by atoms with Crippen LogP contribution in [0.3, 0.4) is 0 Å². The lowest BCUT2D eigenvalue weighted by Crippen LogP contribution is -2.45. The highest BCUT2D eigenvalue weighted by Crippen LogP contribution is 2.19. The van der Waals surface area contributed by atoms with Crippen LogP contribution in [-0.4, -0.2) is 47.4 Å². The molecule has 0 aromatic carbocycles. The summed E-state index contributed by atoms with van der Waals surface area (Å²) in [4.78, 5) is 24.6. The van der Waals surface area contributed by atoms with Crippen LogP contribution >= 0.6 is 0 Å². The van der Waals surface area contributed by atoms with Gasteiger partial charge in [-0.05, 0) is 51.4 Å². The average Bonchev–Trinajstić information content (AvgIpc) is 3.38. The number of hydrogen-bond donors (Lipinski definition) is 3. The number of carbonyl (C=O) groups excluding carboxylic acids is 2. The number of allylic oxidation sites excluding steroid dienone is 2. The van der Waals surface area contributed by atoms with E-state index in [2.05, 4.69) is 31.3 Å². The van der Waals surface area contributed by atoms with E-state index in [0.717, 1.165) is 44.9 Å². The monoisotopic (exact) mass is 1020 g/mol. The second kappa shape index (κ2) is 62.1. The minimum atomic E-state index is -0.669. The maximum atomic E-state index is 12.5. The van der Waals surface area contributed by atoms with Crippen LogP contribution in [0.1, 0.15) is 373 Å². The zero-order valence-corrected chi connectivity index (χ0v) is 48.9. The van der Waals surface area contributed by atoms with Gasteiger partial charge >= 0.3 is 5.97 Å². The van der Waals surface area contributed by atoms with Gasteiger partial charge in [-0.1, -0.05) is 321 Å². The van der Waals surface area contributed by atoms with Crippen molar-refractivity contribution in [3.63, 3.8) is 0 Å². The molecule has 0 saturated heterocycles. The first-order valence-corrected chi connectivity index (χ1v) is 32.9. The summed E-state index contributed by atoms with van der Waals surface area (Å²) in [6.07, 6.45) is 75.1. The minimum absolute atomic E-state index is 0.00411. The first-order valence-electron chi connectivity index (χ1n) is 32.9. The maximum Gasteiger partial charge on any atom is 0.305 e. The van der Waals surface area contributed by atoms with Crippen LogP contribution in [0.15, 0.2) is 12.2 Å². The van der Waals surface area contributed by atoms with Gasteiger partial charge in [0, 0.05) is 12.8 Å². The Bertz CT molecular complexity index is 1080. The molecule has 0 heterocycles. The molecule has 0 aromatic heterocycles. The number of ether oxygens (including phenoxy) is 1. The Hall–Kier alpha value is -1.40. The fourth-order valence-corrected chi connectivity index (χ4v) is 10.5. The van der Waals surface area contributed by atoms with E-state index in [1.165, 1.54) is 295 Å². The molecule has 0 aliphatic heterocycles. The van der Waals surface area contributed by atoms with Crippen LogP contribution in [0, 0.1) is 0 Å². The Morgan fingerprint density at radius 2 is 0.653 bits per heavy atom. The molecule has 0 bridgehead atoms. The molecule has 428 valence electrons. The molecule has 2 atom stereocenters. The first kappa shape index (κ1) is 70.6. The summed E-state index contributed by atoms with van der Waals surface area (Å²) in [6.45, 7) is 4.97. The number of hydrogen-bond acceptors (Lipinski definition) is 5. The summed E-state index contributed by atoms with van der Waals surface area (Å²) in [5.74, 6) is -0.0334. The van der Waals surface area contributed by atoms with E-state index in [0.29, 0.717) is 25.9 Å². The van der Waals surface area contributed by atoms with E-state index in [-0.39, 0.29) is 18.5 Å². The highest BCUT2D eigenvalue weighted by molar-refractivity contribution is 5.76. The van der Waals surface area contributed by atoms with Crippen LogP contribution in [0.2, 0.25) is 0 Å². The first-order chi connectivity index (χ1) is 35.5. The molecule has 6 heteroatoms. The van der Waals surface area contributed by atoms with Crippen LogP contribution in [0.5, 0.6) is 0 Å². The molecule has 0 aliphatic carbocycles. The van der Waals surface area contributed by atoms with E-state index in [1.54, 1.807) is 0 Å². The van der Waals surface area contributed by atoms with Gasteiger partial charge in [-0.2, -0.15) is 0 Å². The summed E-state index contributed by atoms with van der Waals surface area (Å²) in [7, 11) is 0. The highest BCUT2D eigenvalue weighted by atomic mass is 16.5. The van der Waals surface area contributed by atoms with Gasteiger partial charge in [-0.3, -0.25) is 9.59 Å². The molecule has 0 aromatic rings. The van der Waals surface area contributed by atoms with Crippen molar-refractivity contribution in [1.29, 1.82) is 0 Å². The molecule has 3 N–H and O–H groups in total. The lowest BCUT2D eigenvalue weighted by molar-refractivity contribution is -0.143. The Kier molecular flexibility index (Phi) is 60.9. The molecule has 0 radical (unpaired) electrons. The third-order valence-corrected chi connectivity index (χ3v) is 15.6. The summed E-state index contributed by atoms with van der Waals surface area (Å²) in [5, 5.41) is 23.4. The van der Waals surface area contributed by atoms with Crippen molar-refractivity contribution in [2.75, 3.05) is 13.2 Å². The molecule has 0 spiro atoms. The number of carbonyl (C=O) groups is 2. The largest absolute Gasteiger partial charge is 0.466 e. The van der Waals surface area contributed by atoms with Crippen LogP contribution < -0.4 is 5.32 Å². The maximum absolute atomic E-state index is 12.5. The Balaban J connectivity index is 3.40. The molecular formula is C66H129NO5. The number of amides is 1. The SMILES string of the molecule is CCCCCCCC/C=C\CCCCCCCCCCCC(=O)OCCCCCCCCCCCCCCCCCCC(=O)NC(CO)C(O)CCCCCCCCCCCCCCCCCCCCCC. The summed E-state index contributed by atoms with van der Waals surface area (Å²) in [6, 6.07) is -0.547. The second-order valence-corrected chi connectivity index (χ2v) is 22.8. The van der Waals surface area contributed by atoms with Crippen molar-refractivity contribution in [2.24, 2.45) is 0 Å². The molecule has 1 amide bonds. The summed E-state index contributed by atoms with van der Waals surface area (Å²) < 4.78 is 5.50. The van der Waals surface area contributed by atoms with Gasteiger partial charge in [-0.15, -0.1) is 0 Å². The van der Waals surface area contributed by atoms with E-state index in [1.807, 2.05) is 0 Å². The van der Waals surface area contributed by atoms with Crippen molar-refractivity contribution in [1.82, 2.24) is 5.32 Å². The van der Waals surface area contributed by atoms with Crippen molar-refractivity contribution in [3.05, 3.63) is 12.2 Å². The van der Waals surface area contributed by atoms with Gasteiger partial charge in [0.15, 0.2) is 0 Å². The van der Waals surface area contributed by atoms with Gasteiger partial charge in [0.2, 0.25) is 5.91 Å².